The number of hydrogen-bond donors (Lipinski definition) is 1. The molecule has 0 spiro atoms. The van der Waals surface area contributed by atoms with Gasteiger partial charge in [-0.2, -0.15) is 0 Å². The van der Waals surface area contributed by atoms with Gasteiger partial charge in [0.1, 0.15) is 11.9 Å². The number of amides is 1. The van der Waals surface area contributed by atoms with Crippen LogP contribution in [-0.2, 0) is 4.74 Å². The van der Waals surface area contributed by atoms with Crippen molar-refractivity contribution in [3.63, 3.8) is 0 Å². The van der Waals surface area contributed by atoms with E-state index in [1.54, 1.807) is 42.3 Å². The predicted molar refractivity (Wildman–Crippen MR) is 145 cm³/mol. The minimum atomic E-state index is -0.513. The Kier molecular flexibility index (Phi) is 7.20. The van der Waals surface area contributed by atoms with Crippen molar-refractivity contribution in [3.05, 3.63) is 48.2 Å². The number of aromatic amines is 1. The number of nitrogens with one attached hydrogen (secondary N) is 1. The van der Waals surface area contributed by atoms with Crippen LogP contribution in [-0.4, -0.2) is 58.4 Å². The van der Waals surface area contributed by atoms with Gasteiger partial charge in [-0.3, -0.25) is 0 Å². The molecule has 1 fully saturated rings. The number of nitrogens with zero attached hydrogens (tertiary/aromatic N) is 3. The molecule has 1 aliphatic rings. The lowest BCUT2D eigenvalue weighted by atomic mass is 9.98. The van der Waals surface area contributed by atoms with Gasteiger partial charge in [0, 0.05) is 35.8 Å². The Labute approximate surface area is 226 Å². The lowest BCUT2D eigenvalue weighted by Gasteiger charge is -2.33. The van der Waals surface area contributed by atoms with Crippen molar-refractivity contribution in [1.29, 1.82) is 0 Å². The molecule has 5 rings (SSSR count). The minimum absolute atomic E-state index is 0.0681. The van der Waals surface area contributed by atoms with E-state index < -0.39 is 11.4 Å². The zero-order valence-electron chi connectivity index (χ0n) is 22.8. The highest BCUT2D eigenvalue weighted by Gasteiger charge is 2.27. The molecule has 3 heterocycles. The summed E-state index contributed by atoms with van der Waals surface area (Å²) < 4.78 is 38.3. The van der Waals surface area contributed by atoms with Crippen molar-refractivity contribution < 1.29 is 28.1 Å². The summed E-state index contributed by atoms with van der Waals surface area (Å²) in [4.78, 5) is 25.8. The van der Waals surface area contributed by atoms with Gasteiger partial charge in [-0.05, 0) is 70.7 Å². The molecule has 0 aliphatic carbocycles. The highest BCUT2D eigenvalue weighted by atomic mass is 19.1. The van der Waals surface area contributed by atoms with E-state index in [4.69, 9.17) is 18.9 Å². The van der Waals surface area contributed by atoms with E-state index in [9.17, 15) is 4.79 Å². The van der Waals surface area contributed by atoms with Gasteiger partial charge in [-0.15, -0.1) is 0 Å². The quantitative estimate of drug-likeness (QED) is 0.305. The van der Waals surface area contributed by atoms with Crippen molar-refractivity contribution >= 4 is 27.9 Å². The Morgan fingerprint density at radius 2 is 1.85 bits per heavy atom. The first-order valence-electron chi connectivity index (χ1n) is 13.0. The number of aryl methyl sites for hydroxylation is 1. The maximum absolute atomic E-state index is 15.1. The van der Waals surface area contributed by atoms with E-state index in [2.05, 4.69) is 15.0 Å². The molecule has 10 heteroatoms. The molecule has 0 unspecified atom stereocenters. The lowest BCUT2D eigenvalue weighted by Crippen LogP contribution is -2.42. The van der Waals surface area contributed by atoms with E-state index in [0.29, 0.717) is 53.0 Å². The number of hydrogen-bond acceptors (Lipinski definition) is 7. The standard InChI is InChI=1S/C29H33FN4O5/c1-17-12-19-21(33-17)6-7-23(26(19)30)38-27-20-13-24(36-5)25(14-22(20)31-16-32-27)37-15-18-8-10-34(11-9-18)28(35)39-29(2,3)4/h6-7,12-14,16,18,33H,8-11,15H2,1-5H3. The summed E-state index contributed by atoms with van der Waals surface area (Å²) in [6, 6.07) is 8.60. The van der Waals surface area contributed by atoms with Gasteiger partial charge in [-0.25, -0.2) is 19.2 Å². The fourth-order valence-electron chi connectivity index (χ4n) is 4.68. The third-order valence-electron chi connectivity index (χ3n) is 6.67. The average molecular weight is 537 g/mol. The van der Waals surface area contributed by atoms with Crippen molar-refractivity contribution in [2.24, 2.45) is 5.92 Å². The summed E-state index contributed by atoms with van der Waals surface area (Å²) in [6.45, 7) is 9.18. The Morgan fingerprint density at radius 1 is 1.08 bits per heavy atom. The van der Waals surface area contributed by atoms with Crippen LogP contribution in [0.15, 0.2) is 36.7 Å². The lowest BCUT2D eigenvalue weighted by molar-refractivity contribution is 0.0164. The smallest absolute Gasteiger partial charge is 0.410 e. The number of H-pyrrole nitrogens is 1. The summed E-state index contributed by atoms with van der Waals surface area (Å²) in [5, 5.41) is 1.02. The van der Waals surface area contributed by atoms with Crippen molar-refractivity contribution in [3.8, 4) is 23.1 Å². The van der Waals surface area contributed by atoms with Gasteiger partial charge in [-0.1, -0.05) is 0 Å². The summed E-state index contributed by atoms with van der Waals surface area (Å²) >= 11 is 0. The zero-order chi connectivity index (χ0) is 27.7. The van der Waals surface area contributed by atoms with Gasteiger partial charge in [0.25, 0.3) is 0 Å². The Morgan fingerprint density at radius 3 is 2.56 bits per heavy atom. The van der Waals surface area contributed by atoms with Crippen molar-refractivity contribution in [1.82, 2.24) is 19.9 Å². The monoisotopic (exact) mass is 536 g/mol. The summed E-state index contributed by atoms with van der Waals surface area (Å²) in [5.41, 5.74) is 1.62. The molecule has 2 aromatic carbocycles. The van der Waals surface area contributed by atoms with Crippen LogP contribution < -0.4 is 14.2 Å². The molecule has 0 atom stereocenters. The molecule has 0 radical (unpaired) electrons. The van der Waals surface area contributed by atoms with E-state index in [0.717, 1.165) is 18.5 Å². The van der Waals surface area contributed by atoms with E-state index in [1.165, 1.54) is 6.33 Å². The number of aromatic nitrogens is 3. The molecule has 1 aliphatic heterocycles. The average Bonchev–Trinajstić information content (AvgIpc) is 3.29. The topological polar surface area (TPSA) is 98.8 Å². The zero-order valence-corrected chi connectivity index (χ0v) is 22.8. The van der Waals surface area contributed by atoms with Crippen molar-refractivity contribution in [2.45, 2.75) is 46.1 Å². The highest BCUT2D eigenvalue weighted by Crippen LogP contribution is 2.38. The fraction of sp³-hybridized carbons (Fsp3) is 0.414. The minimum Gasteiger partial charge on any atom is -0.493 e. The summed E-state index contributed by atoms with van der Waals surface area (Å²) in [6.07, 6.45) is 2.72. The summed E-state index contributed by atoms with van der Waals surface area (Å²) in [7, 11) is 1.56. The van der Waals surface area contributed by atoms with Gasteiger partial charge in [0.2, 0.25) is 5.88 Å². The van der Waals surface area contributed by atoms with E-state index in [-0.39, 0.29) is 23.6 Å². The first-order chi connectivity index (χ1) is 18.6. The number of likely N-dealkylation sites (tertiary alicyclic amines) is 1. The number of rotatable bonds is 6. The summed E-state index contributed by atoms with van der Waals surface area (Å²) in [5.74, 6) is 1.13. The number of fused-ring (bicyclic) bond motifs is 2. The van der Waals surface area contributed by atoms with Crippen molar-refractivity contribution in [2.75, 3.05) is 26.8 Å². The SMILES string of the molecule is COc1cc2c(Oc3ccc4[nH]c(C)cc4c3F)ncnc2cc1OCC1CCN(C(=O)OC(C)(C)C)CC1. The number of methoxy groups -OCH3 is 1. The maximum Gasteiger partial charge on any atom is 0.410 e. The van der Waals surface area contributed by atoms with Crippen LogP contribution in [0, 0.1) is 18.7 Å². The first kappa shape index (κ1) is 26.5. The van der Waals surface area contributed by atoms with E-state index >= 15 is 4.39 Å². The van der Waals surface area contributed by atoms with Gasteiger partial charge < -0.3 is 28.8 Å². The number of piperidine rings is 1. The molecule has 1 amide bonds. The molecule has 9 nitrogen and oxygen atoms in total. The highest BCUT2D eigenvalue weighted by molar-refractivity contribution is 5.87. The third kappa shape index (κ3) is 5.84. The number of halogens is 1. The van der Waals surface area contributed by atoms with Crippen LogP contribution in [0.5, 0.6) is 23.1 Å². The third-order valence-corrected chi connectivity index (χ3v) is 6.67. The molecular weight excluding hydrogens is 503 g/mol. The fourth-order valence-corrected chi connectivity index (χ4v) is 4.68. The van der Waals surface area contributed by atoms with Gasteiger partial charge >= 0.3 is 6.09 Å². The molecule has 4 aromatic rings. The normalized spacial score (nSPS) is 14.6. The van der Waals surface area contributed by atoms with Crippen LogP contribution in [0.2, 0.25) is 0 Å². The Balaban J connectivity index is 1.29. The largest absolute Gasteiger partial charge is 0.493 e. The Bertz CT molecular complexity index is 1510. The van der Waals surface area contributed by atoms with Crippen LogP contribution in [0.1, 0.15) is 39.3 Å². The second kappa shape index (κ2) is 10.6. The number of carbonyl (C=O) groups is 1. The number of ether oxygens (including phenoxy) is 4. The van der Waals surface area contributed by atoms with Crippen LogP contribution in [0.25, 0.3) is 21.8 Å². The number of carbonyl (C=O) groups excluding carboxylic acids is 1. The maximum atomic E-state index is 15.1. The molecule has 39 heavy (non-hydrogen) atoms. The molecule has 206 valence electrons. The molecule has 0 bridgehead atoms. The first-order valence-corrected chi connectivity index (χ1v) is 13.0. The van der Waals surface area contributed by atoms with Gasteiger partial charge in [0.05, 0.1) is 24.6 Å². The number of benzene rings is 2. The van der Waals surface area contributed by atoms with E-state index in [1.807, 2.05) is 27.7 Å². The van der Waals surface area contributed by atoms with Gasteiger partial charge in [0.15, 0.2) is 23.1 Å². The van der Waals surface area contributed by atoms with Crippen LogP contribution in [0.4, 0.5) is 9.18 Å². The second-order valence-electron chi connectivity index (χ2n) is 10.8. The molecule has 0 saturated carbocycles. The Hall–Kier alpha value is -4.08. The predicted octanol–water partition coefficient (Wildman–Crippen LogP) is 6.39. The molecule has 2 aromatic heterocycles. The van der Waals surface area contributed by atoms with Crippen LogP contribution >= 0.6 is 0 Å². The van der Waals surface area contributed by atoms with Crippen LogP contribution in [0.3, 0.4) is 0 Å². The molecule has 1 N–H and O–H groups in total. The molecule has 1 saturated heterocycles. The second-order valence-corrected chi connectivity index (χ2v) is 10.8. The molecular formula is C29H33FN4O5.